The van der Waals surface area contributed by atoms with Gasteiger partial charge in [-0.3, -0.25) is 9.10 Å². The van der Waals surface area contributed by atoms with Gasteiger partial charge in [0.15, 0.2) is 5.03 Å². The molecule has 0 bridgehead atoms. The van der Waals surface area contributed by atoms with Gasteiger partial charge in [-0.25, -0.2) is 4.68 Å². The van der Waals surface area contributed by atoms with Crippen LogP contribution in [0, 0.1) is 0 Å². The Bertz CT molecular complexity index is 1090. The van der Waals surface area contributed by atoms with Gasteiger partial charge in [-0.05, 0) is 29.8 Å². The molecular formula is C19H17N3O4S. The topological polar surface area (TPSA) is 81.5 Å². The first-order valence-electron chi connectivity index (χ1n) is 8.33. The van der Waals surface area contributed by atoms with Gasteiger partial charge < -0.3 is 4.74 Å². The SMILES string of the molecule is COC(=O)[C@@H]1CN(S(=O)(=O)c2ccn(-c3ccccc3)n2)c2ccccc21. The number of hydrogen-bond donors (Lipinski definition) is 0. The Labute approximate surface area is 156 Å². The third-order valence-corrected chi connectivity index (χ3v) is 6.23. The van der Waals surface area contributed by atoms with Gasteiger partial charge in [-0.15, -0.1) is 0 Å². The predicted octanol–water partition coefficient (Wildman–Crippen LogP) is 2.34. The van der Waals surface area contributed by atoms with Crippen molar-refractivity contribution in [3.8, 4) is 5.69 Å². The number of anilines is 1. The summed E-state index contributed by atoms with van der Waals surface area (Å²) >= 11 is 0. The Morgan fingerprint density at radius 1 is 1.07 bits per heavy atom. The number of rotatable bonds is 4. The van der Waals surface area contributed by atoms with E-state index in [1.165, 1.54) is 22.2 Å². The predicted molar refractivity (Wildman–Crippen MR) is 99.3 cm³/mol. The number of hydrogen-bond acceptors (Lipinski definition) is 5. The average Bonchev–Trinajstić information content (AvgIpc) is 3.34. The molecule has 1 atom stereocenters. The van der Waals surface area contributed by atoms with Crippen LogP contribution in [0.5, 0.6) is 0 Å². The monoisotopic (exact) mass is 383 g/mol. The number of ether oxygens (including phenoxy) is 1. The number of benzene rings is 2. The number of methoxy groups -OCH3 is 1. The number of esters is 1. The summed E-state index contributed by atoms with van der Waals surface area (Å²) in [7, 11) is -2.63. The van der Waals surface area contributed by atoms with E-state index in [4.69, 9.17) is 4.74 Å². The summed E-state index contributed by atoms with van der Waals surface area (Å²) in [5.74, 6) is -1.12. The van der Waals surface area contributed by atoms with E-state index in [-0.39, 0.29) is 11.6 Å². The number of carbonyl (C=O) groups excluding carboxylic acids is 1. The smallest absolute Gasteiger partial charge is 0.315 e. The van der Waals surface area contributed by atoms with Crippen molar-refractivity contribution in [1.29, 1.82) is 0 Å². The van der Waals surface area contributed by atoms with Gasteiger partial charge >= 0.3 is 5.97 Å². The van der Waals surface area contributed by atoms with Gasteiger partial charge in [0.25, 0.3) is 10.0 Å². The molecule has 0 radical (unpaired) electrons. The van der Waals surface area contributed by atoms with Gasteiger partial charge in [0.05, 0.1) is 25.0 Å². The summed E-state index contributed by atoms with van der Waals surface area (Å²) in [5, 5.41) is 4.15. The van der Waals surface area contributed by atoms with Crippen LogP contribution in [0.3, 0.4) is 0 Å². The highest BCUT2D eigenvalue weighted by Gasteiger charge is 2.41. The highest BCUT2D eigenvalue weighted by molar-refractivity contribution is 7.92. The Kier molecular flexibility index (Phi) is 4.19. The van der Waals surface area contributed by atoms with Crippen LogP contribution in [0.2, 0.25) is 0 Å². The van der Waals surface area contributed by atoms with E-state index >= 15 is 0 Å². The third kappa shape index (κ3) is 2.87. The average molecular weight is 383 g/mol. The van der Waals surface area contributed by atoms with Crippen LogP contribution in [-0.4, -0.2) is 37.8 Å². The first kappa shape index (κ1) is 17.3. The molecule has 0 fully saturated rings. The van der Waals surface area contributed by atoms with E-state index in [0.717, 1.165) is 5.69 Å². The molecule has 1 aromatic heterocycles. The zero-order valence-corrected chi connectivity index (χ0v) is 15.3. The minimum absolute atomic E-state index is 0.00739. The molecule has 7 nitrogen and oxygen atoms in total. The fourth-order valence-corrected chi connectivity index (χ4v) is 4.65. The largest absolute Gasteiger partial charge is 0.468 e. The lowest BCUT2D eigenvalue weighted by atomic mass is 10.0. The first-order chi connectivity index (χ1) is 13.0. The van der Waals surface area contributed by atoms with Crippen LogP contribution >= 0.6 is 0 Å². The molecule has 2 heterocycles. The molecule has 8 heteroatoms. The number of para-hydroxylation sites is 2. The van der Waals surface area contributed by atoms with Crippen molar-refractivity contribution in [1.82, 2.24) is 9.78 Å². The molecule has 0 saturated carbocycles. The summed E-state index contributed by atoms with van der Waals surface area (Å²) in [4.78, 5) is 12.1. The number of sulfonamides is 1. The minimum Gasteiger partial charge on any atom is -0.468 e. The third-order valence-electron chi connectivity index (χ3n) is 4.55. The van der Waals surface area contributed by atoms with E-state index in [9.17, 15) is 13.2 Å². The number of fused-ring (bicyclic) bond motifs is 1. The van der Waals surface area contributed by atoms with E-state index in [1.807, 2.05) is 30.3 Å². The molecule has 4 rings (SSSR count). The second-order valence-corrected chi connectivity index (χ2v) is 7.91. The molecule has 3 aromatic rings. The fraction of sp³-hybridized carbons (Fsp3) is 0.158. The number of aromatic nitrogens is 2. The highest BCUT2D eigenvalue weighted by Crippen LogP contribution is 2.39. The van der Waals surface area contributed by atoms with Gasteiger partial charge in [-0.1, -0.05) is 36.4 Å². The van der Waals surface area contributed by atoms with E-state index in [0.29, 0.717) is 11.3 Å². The molecule has 1 aliphatic rings. The van der Waals surface area contributed by atoms with Crippen molar-refractivity contribution in [3.63, 3.8) is 0 Å². The second-order valence-electron chi connectivity index (χ2n) is 6.10. The Balaban J connectivity index is 1.73. The standard InChI is InChI=1S/C19H17N3O4S/c1-26-19(23)16-13-22(17-10-6-5-9-15(16)17)27(24,25)18-11-12-21(20-18)14-7-3-2-4-8-14/h2-12,16H,13H2,1H3/t16-/m1/s1. The van der Waals surface area contributed by atoms with Gasteiger partial charge in [-0.2, -0.15) is 13.5 Å². The van der Waals surface area contributed by atoms with Gasteiger partial charge in [0.2, 0.25) is 0 Å². The molecular weight excluding hydrogens is 366 g/mol. The molecule has 27 heavy (non-hydrogen) atoms. The van der Waals surface area contributed by atoms with Crippen LogP contribution in [0.25, 0.3) is 5.69 Å². The summed E-state index contributed by atoms with van der Waals surface area (Å²) in [6, 6.07) is 17.6. The Hall–Kier alpha value is -3.13. The van der Waals surface area contributed by atoms with E-state index in [2.05, 4.69) is 5.10 Å². The van der Waals surface area contributed by atoms with Crippen LogP contribution in [0.1, 0.15) is 11.5 Å². The first-order valence-corrected chi connectivity index (χ1v) is 9.77. The second kappa shape index (κ2) is 6.55. The molecule has 0 saturated heterocycles. The van der Waals surface area contributed by atoms with Gasteiger partial charge in [0, 0.05) is 6.20 Å². The van der Waals surface area contributed by atoms with Crippen LogP contribution in [0.4, 0.5) is 5.69 Å². The Morgan fingerprint density at radius 2 is 1.78 bits per heavy atom. The zero-order chi connectivity index (χ0) is 19.0. The van der Waals surface area contributed by atoms with Crippen molar-refractivity contribution >= 4 is 21.7 Å². The molecule has 1 aliphatic heterocycles. The minimum atomic E-state index is -3.92. The maximum atomic E-state index is 13.2. The molecule has 0 amide bonds. The lowest BCUT2D eigenvalue weighted by Crippen LogP contribution is -2.32. The summed E-state index contributed by atoms with van der Waals surface area (Å²) in [5.41, 5.74) is 1.87. The maximum Gasteiger partial charge on any atom is 0.315 e. The van der Waals surface area contributed by atoms with Gasteiger partial charge in [0.1, 0.15) is 5.92 Å². The highest BCUT2D eigenvalue weighted by atomic mass is 32.2. The van der Waals surface area contributed by atoms with Crippen molar-refractivity contribution in [3.05, 3.63) is 72.4 Å². The summed E-state index contributed by atoms with van der Waals surface area (Å²) in [6.07, 6.45) is 1.60. The van der Waals surface area contributed by atoms with Crippen molar-refractivity contribution in [2.24, 2.45) is 0 Å². The Morgan fingerprint density at radius 3 is 2.52 bits per heavy atom. The van der Waals surface area contributed by atoms with Crippen LogP contribution in [0.15, 0.2) is 71.9 Å². The van der Waals surface area contributed by atoms with Crippen molar-refractivity contribution in [2.45, 2.75) is 10.9 Å². The lowest BCUT2D eigenvalue weighted by molar-refractivity contribution is -0.141. The maximum absolute atomic E-state index is 13.2. The zero-order valence-electron chi connectivity index (χ0n) is 14.5. The normalized spacial score (nSPS) is 16.2. The van der Waals surface area contributed by atoms with Crippen LogP contribution < -0.4 is 4.31 Å². The lowest BCUT2D eigenvalue weighted by Gasteiger charge is -2.18. The van der Waals surface area contributed by atoms with Crippen LogP contribution in [-0.2, 0) is 19.6 Å². The molecule has 0 spiro atoms. The molecule has 138 valence electrons. The number of nitrogens with zero attached hydrogens (tertiary/aromatic N) is 3. The van der Waals surface area contributed by atoms with E-state index in [1.54, 1.807) is 30.5 Å². The van der Waals surface area contributed by atoms with E-state index < -0.39 is 21.9 Å². The molecule has 0 N–H and O–H groups in total. The summed E-state index contributed by atoms with van der Waals surface area (Å²) < 4.78 is 34.0. The van der Waals surface area contributed by atoms with Crippen molar-refractivity contribution < 1.29 is 17.9 Å². The molecule has 0 aliphatic carbocycles. The fourth-order valence-electron chi connectivity index (χ4n) is 3.23. The summed E-state index contributed by atoms with van der Waals surface area (Å²) in [6.45, 7) is -0.00739. The quantitative estimate of drug-likeness (QED) is 0.646. The molecule has 2 aromatic carbocycles. The molecule has 0 unspecified atom stereocenters. The van der Waals surface area contributed by atoms with Crippen molar-refractivity contribution in [2.75, 3.05) is 18.0 Å². The number of carbonyl (C=O) groups is 1.